The molecule has 0 spiro atoms. The molecule has 0 atom stereocenters. The Morgan fingerprint density at radius 2 is 1.90 bits per heavy atom. The lowest BCUT2D eigenvalue weighted by Gasteiger charge is -2.07. The first-order valence-electron chi connectivity index (χ1n) is 9.25. The quantitative estimate of drug-likeness (QED) is 0.254. The van der Waals surface area contributed by atoms with Gasteiger partial charge < -0.3 is 15.0 Å². The van der Waals surface area contributed by atoms with Gasteiger partial charge in [-0.1, -0.05) is 37.2 Å². The number of nitrogens with one attached hydrogen (secondary N) is 2. The third-order valence-electron chi connectivity index (χ3n) is 4.07. The van der Waals surface area contributed by atoms with Crippen molar-refractivity contribution < 1.29 is 14.3 Å². The maximum atomic E-state index is 12.2. The molecule has 150 valence electrons. The largest absolute Gasteiger partial charge is 0.462 e. The molecular formula is C21H21N3O4S. The van der Waals surface area contributed by atoms with Crippen LogP contribution in [0.15, 0.2) is 58.5 Å². The molecule has 0 fully saturated rings. The number of nitrogens with zero attached hydrogens (tertiary/aromatic N) is 1. The number of carbonyl (C=O) groups excluding carboxylic acids is 2. The number of anilines is 1. The molecule has 0 aliphatic carbocycles. The van der Waals surface area contributed by atoms with Crippen LogP contribution in [0.2, 0.25) is 0 Å². The van der Waals surface area contributed by atoms with Gasteiger partial charge in [-0.15, -0.1) is 0 Å². The van der Waals surface area contributed by atoms with Gasteiger partial charge in [0.2, 0.25) is 5.91 Å². The fourth-order valence-corrected chi connectivity index (χ4v) is 3.21. The van der Waals surface area contributed by atoms with Crippen molar-refractivity contribution in [1.29, 1.82) is 0 Å². The van der Waals surface area contributed by atoms with Crippen molar-refractivity contribution >= 4 is 40.2 Å². The third kappa shape index (κ3) is 5.68. The number of hydrogen-bond donors (Lipinski definition) is 2. The highest BCUT2D eigenvalue weighted by molar-refractivity contribution is 7.99. The second-order valence-corrected chi connectivity index (χ2v) is 7.26. The van der Waals surface area contributed by atoms with Gasteiger partial charge in [0, 0.05) is 5.69 Å². The van der Waals surface area contributed by atoms with Crippen LogP contribution in [0.25, 0.3) is 10.9 Å². The Morgan fingerprint density at radius 3 is 2.66 bits per heavy atom. The molecule has 8 heteroatoms. The summed E-state index contributed by atoms with van der Waals surface area (Å²) in [6.07, 6.45) is 1.79. The van der Waals surface area contributed by atoms with Crippen molar-refractivity contribution in [2.75, 3.05) is 17.7 Å². The number of ether oxygens (including phenoxy) is 1. The topological polar surface area (TPSA) is 101 Å². The molecule has 2 N–H and O–H groups in total. The Morgan fingerprint density at radius 1 is 1.14 bits per heavy atom. The number of aromatic amines is 1. The Kier molecular flexibility index (Phi) is 7.02. The van der Waals surface area contributed by atoms with Crippen LogP contribution in [0, 0.1) is 0 Å². The van der Waals surface area contributed by atoms with Crippen molar-refractivity contribution in [1.82, 2.24) is 9.97 Å². The highest BCUT2D eigenvalue weighted by Crippen LogP contribution is 2.16. The molecule has 3 rings (SSSR count). The molecule has 0 bridgehead atoms. The summed E-state index contributed by atoms with van der Waals surface area (Å²) in [6, 6.07) is 13.5. The molecule has 0 aliphatic heterocycles. The van der Waals surface area contributed by atoms with Gasteiger partial charge in [-0.05, 0) is 42.8 Å². The van der Waals surface area contributed by atoms with Crippen LogP contribution in [-0.4, -0.2) is 34.2 Å². The summed E-state index contributed by atoms with van der Waals surface area (Å²) in [5.74, 6) is -0.537. The molecule has 1 heterocycles. The summed E-state index contributed by atoms with van der Waals surface area (Å²) in [6.45, 7) is 2.42. The van der Waals surface area contributed by atoms with Gasteiger partial charge in [0.1, 0.15) is 0 Å². The lowest BCUT2D eigenvalue weighted by Crippen LogP contribution is -2.15. The molecule has 2 aromatic carbocycles. The van der Waals surface area contributed by atoms with E-state index in [2.05, 4.69) is 15.3 Å². The standard InChI is InChI=1S/C21H21N3O4S/c1-2-3-12-28-20(27)14-8-10-15(11-9-14)22-18(25)13-29-21-23-17-7-5-4-6-16(17)19(26)24-21/h4-11H,2-3,12-13H2,1H3,(H,22,25)(H,23,24,26). The smallest absolute Gasteiger partial charge is 0.338 e. The van der Waals surface area contributed by atoms with Crippen molar-refractivity contribution in [3.63, 3.8) is 0 Å². The Hall–Kier alpha value is -3.13. The number of H-pyrrole nitrogens is 1. The fourth-order valence-electron chi connectivity index (χ4n) is 2.55. The summed E-state index contributed by atoms with van der Waals surface area (Å²) in [5, 5.41) is 3.64. The summed E-state index contributed by atoms with van der Waals surface area (Å²) < 4.78 is 5.15. The van der Waals surface area contributed by atoms with Crippen LogP contribution >= 0.6 is 11.8 Å². The zero-order chi connectivity index (χ0) is 20.6. The van der Waals surface area contributed by atoms with Crippen molar-refractivity contribution in [3.05, 3.63) is 64.4 Å². The number of amides is 1. The Labute approximate surface area is 171 Å². The SMILES string of the molecule is CCCCOC(=O)c1ccc(NC(=O)CSc2nc3ccccc3c(=O)[nH]2)cc1. The van der Waals surface area contributed by atoms with Gasteiger partial charge in [-0.2, -0.15) is 0 Å². The lowest BCUT2D eigenvalue weighted by atomic mass is 10.2. The zero-order valence-corrected chi connectivity index (χ0v) is 16.8. The lowest BCUT2D eigenvalue weighted by molar-refractivity contribution is -0.113. The molecule has 0 aliphatic rings. The number of thioether (sulfide) groups is 1. The van der Waals surface area contributed by atoms with Crippen LogP contribution in [0.4, 0.5) is 5.69 Å². The second-order valence-electron chi connectivity index (χ2n) is 6.29. The number of rotatable bonds is 8. The van der Waals surface area contributed by atoms with Gasteiger partial charge in [-0.3, -0.25) is 9.59 Å². The van der Waals surface area contributed by atoms with Crippen molar-refractivity contribution in [2.24, 2.45) is 0 Å². The average Bonchev–Trinajstić information content (AvgIpc) is 2.73. The first-order chi connectivity index (χ1) is 14.1. The number of carbonyl (C=O) groups is 2. The maximum Gasteiger partial charge on any atom is 0.338 e. The number of esters is 1. The first-order valence-corrected chi connectivity index (χ1v) is 10.2. The van der Waals surface area contributed by atoms with Gasteiger partial charge in [0.05, 0.1) is 28.8 Å². The average molecular weight is 411 g/mol. The van der Waals surface area contributed by atoms with E-state index in [0.29, 0.717) is 33.9 Å². The molecule has 29 heavy (non-hydrogen) atoms. The summed E-state index contributed by atoms with van der Waals surface area (Å²) in [4.78, 5) is 43.2. The normalized spacial score (nSPS) is 10.7. The first kappa shape index (κ1) is 20.6. The Balaban J connectivity index is 1.54. The zero-order valence-electron chi connectivity index (χ0n) is 15.9. The van der Waals surface area contributed by atoms with Gasteiger partial charge in [-0.25, -0.2) is 9.78 Å². The minimum Gasteiger partial charge on any atom is -0.462 e. The number of para-hydroxylation sites is 1. The number of fused-ring (bicyclic) bond motifs is 1. The number of hydrogen-bond acceptors (Lipinski definition) is 6. The van der Waals surface area contributed by atoms with Crippen molar-refractivity contribution in [2.45, 2.75) is 24.9 Å². The van der Waals surface area contributed by atoms with E-state index in [4.69, 9.17) is 4.74 Å². The number of aromatic nitrogens is 2. The predicted molar refractivity (Wildman–Crippen MR) is 113 cm³/mol. The molecule has 0 radical (unpaired) electrons. The van der Waals surface area contributed by atoms with E-state index in [1.165, 1.54) is 0 Å². The van der Waals surface area contributed by atoms with Crippen LogP contribution in [0.3, 0.4) is 0 Å². The van der Waals surface area contributed by atoms with E-state index in [1.54, 1.807) is 48.5 Å². The summed E-state index contributed by atoms with van der Waals surface area (Å²) in [5.41, 5.74) is 1.35. The third-order valence-corrected chi connectivity index (χ3v) is 4.94. The van der Waals surface area contributed by atoms with Gasteiger partial charge >= 0.3 is 5.97 Å². The highest BCUT2D eigenvalue weighted by atomic mass is 32.2. The van der Waals surface area contributed by atoms with E-state index in [1.807, 2.05) is 6.92 Å². The number of unbranched alkanes of at least 4 members (excludes halogenated alkanes) is 1. The van der Waals surface area contributed by atoms with Crippen molar-refractivity contribution in [3.8, 4) is 0 Å². The van der Waals surface area contributed by atoms with E-state index >= 15 is 0 Å². The monoisotopic (exact) mass is 411 g/mol. The highest BCUT2D eigenvalue weighted by Gasteiger charge is 2.10. The minimum absolute atomic E-state index is 0.0854. The minimum atomic E-state index is -0.377. The molecule has 3 aromatic rings. The molecule has 7 nitrogen and oxygen atoms in total. The molecular weight excluding hydrogens is 390 g/mol. The second kappa shape index (κ2) is 9.88. The Bertz CT molecular complexity index is 1060. The fraction of sp³-hybridized carbons (Fsp3) is 0.238. The molecule has 0 saturated carbocycles. The molecule has 1 aromatic heterocycles. The summed E-state index contributed by atoms with van der Waals surface area (Å²) >= 11 is 1.14. The van der Waals surface area contributed by atoms with Crippen LogP contribution in [0.1, 0.15) is 30.1 Å². The van der Waals surface area contributed by atoms with Gasteiger partial charge in [0.25, 0.3) is 5.56 Å². The molecule has 0 unspecified atom stereocenters. The summed E-state index contributed by atoms with van der Waals surface area (Å²) in [7, 11) is 0. The van der Waals surface area contributed by atoms with E-state index in [9.17, 15) is 14.4 Å². The molecule has 0 saturated heterocycles. The number of benzene rings is 2. The predicted octanol–water partition coefficient (Wildman–Crippen LogP) is 3.61. The van der Waals surface area contributed by atoms with Gasteiger partial charge in [0.15, 0.2) is 5.16 Å². The van der Waals surface area contributed by atoms with Crippen LogP contribution < -0.4 is 10.9 Å². The maximum absolute atomic E-state index is 12.2. The van der Waals surface area contributed by atoms with E-state index in [0.717, 1.165) is 24.6 Å². The van der Waals surface area contributed by atoms with E-state index in [-0.39, 0.29) is 23.2 Å². The van der Waals surface area contributed by atoms with E-state index < -0.39 is 0 Å². The van der Waals surface area contributed by atoms with Crippen LogP contribution in [0.5, 0.6) is 0 Å². The molecule has 1 amide bonds. The van der Waals surface area contributed by atoms with Crippen LogP contribution in [-0.2, 0) is 9.53 Å².